The lowest BCUT2D eigenvalue weighted by Crippen LogP contribution is -2.41. The fourth-order valence-electron chi connectivity index (χ4n) is 4.23. The Kier molecular flexibility index (Phi) is 9.87. The molecule has 0 aliphatic heterocycles. The number of amides is 1. The van der Waals surface area contributed by atoms with Crippen LogP contribution in [-0.4, -0.2) is 35.0 Å². The summed E-state index contributed by atoms with van der Waals surface area (Å²) in [5.74, 6) is -0.133. The summed E-state index contributed by atoms with van der Waals surface area (Å²) in [6.45, 7) is 2.57. The highest BCUT2D eigenvalue weighted by Crippen LogP contribution is 2.29. The Morgan fingerprint density at radius 1 is 1.00 bits per heavy atom. The van der Waals surface area contributed by atoms with Crippen LogP contribution in [-0.2, 0) is 22.7 Å². The molecule has 0 saturated carbocycles. The van der Waals surface area contributed by atoms with Gasteiger partial charge in [-0.2, -0.15) is 11.8 Å². The third-order valence-corrected chi connectivity index (χ3v) is 7.22. The second-order valence-electron chi connectivity index (χ2n) is 9.14. The Morgan fingerprint density at radius 3 is 2.49 bits per heavy atom. The number of aryl methyl sites for hydroxylation is 1. The van der Waals surface area contributed by atoms with Crippen LogP contribution in [0.15, 0.2) is 83.5 Å². The summed E-state index contributed by atoms with van der Waals surface area (Å²) in [6, 6.07) is 21.8. The predicted molar refractivity (Wildman–Crippen MR) is 156 cm³/mol. The number of rotatable bonds is 12. The number of nitrogens with one attached hydrogen (secondary N) is 1. The highest BCUT2D eigenvalue weighted by Gasteiger charge is 2.22. The van der Waals surface area contributed by atoms with Gasteiger partial charge in [0.25, 0.3) is 5.91 Å². The molecule has 0 bridgehead atoms. The lowest BCUT2D eigenvalue weighted by molar-refractivity contribution is -0.139. The monoisotopic (exact) mass is 563 g/mol. The molecule has 0 saturated heterocycles. The summed E-state index contributed by atoms with van der Waals surface area (Å²) in [5, 5.41) is 13.0. The molecule has 0 unspecified atom stereocenters. The predicted octanol–water partition coefficient (Wildman–Crippen LogP) is 7.23. The van der Waals surface area contributed by atoms with Crippen molar-refractivity contribution in [1.82, 2.24) is 5.32 Å². The molecule has 3 aromatic carbocycles. The molecule has 1 aromatic heterocycles. The van der Waals surface area contributed by atoms with Crippen LogP contribution in [0, 0.1) is 6.92 Å². The molecule has 0 aliphatic rings. The fraction of sp³-hybridized carbons (Fsp3) is 0.226. The van der Waals surface area contributed by atoms with Gasteiger partial charge in [-0.3, -0.25) is 4.79 Å². The Morgan fingerprint density at radius 2 is 1.77 bits per heavy atom. The van der Waals surface area contributed by atoms with E-state index in [-0.39, 0.29) is 6.61 Å². The second kappa shape index (κ2) is 13.5. The summed E-state index contributed by atoms with van der Waals surface area (Å²) in [7, 11) is 0. The number of hydrogen-bond acceptors (Lipinski definition) is 5. The van der Waals surface area contributed by atoms with Gasteiger partial charge in [-0.15, -0.1) is 0 Å². The van der Waals surface area contributed by atoms with Crippen molar-refractivity contribution in [2.24, 2.45) is 0 Å². The van der Waals surface area contributed by atoms with Crippen molar-refractivity contribution in [2.75, 3.05) is 12.0 Å². The first-order valence-corrected chi connectivity index (χ1v) is 14.3. The lowest BCUT2D eigenvalue weighted by Gasteiger charge is -2.17. The molecule has 4 rings (SSSR count). The maximum atomic E-state index is 13.2. The summed E-state index contributed by atoms with van der Waals surface area (Å²) >= 11 is 7.52. The Hall–Kier alpha value is -3.52. The van der Waals surface area contributed by atoms with E-state index in [1.54, 1.807) is 24.1 Å². The minimum Gasteiger partial charge on any atom is -0.480 e. The van der Waals surface area contributed by atoms with Gasteiger partial charge in [0.05, 0.1) is 12.9 Å². The molecule has 0 spiro atoms. The standard InChI is InChI=1S/C31H30ClNO5S/c1-20-5-3-4-6-26(20)28-15-21(7-12-27(28)30(34)33-29(31(35)36)13-14-39-2)17-37-19-25-16-23(18-38-25)22-8-10-24(32)11-9-22/h3-12,15-16,18,29H,13-14,17,19H2,1-2H3,(H,33,34)(H,35,36)/t29-/m0/s1. The molecule has 4 aromatic rings. The first-order valence-electron chi connectivity index (χ1n) is 12.5. The molecule has 0 fully saturated rings. The lowest BCUT2D eigenvalue weighted by atomic mass is 9.93. The van der Waals surface area contributed by atoms with Crippen molar-refractivity contribution < 1.29 is 23.8 Å². The van der Waals surface area contributed by atoms with Gasteiger partial charge < -0.3 is 19.6 Å². The number of carbonyl (C=O) groups excluding carboxylic acids is 1. The van der Waals surface area contributed by atoms with Crippen LogP contribution < -0.4 is 5.32 Å². The maximum absolute atomic E-state index is 13.2. The smallest absolute Gasteiger partial charge is 0.326 e. The largest absolute Gasteiger partial charge is 0.480 e. The van der Waals surface area contributed by atoms with E-state index >= 15 is 0 Å². The third-order valence-electron chi connectivity index (χ3n) is 6.32. The van der Waals surface area contributed by atoms with Crippen LogP contribution in [0.4, 0.5) is 0 Å². The van der Waals surface area contributed by atoms with Crippen LogP contribution in [0.2, 0.25) is 5.02 Å². The minimum atomic E-state index is -1.04. The van der Waals surface area contributed by atoms with Gasteiger partial charge in [0.1, 0.15) is 18.4 Å². The van der Waals surface area contributed by atoms with Crippen LogP contribution in [0.1, 0.15) is 33.7 Å². The van der Waals surface area contributed by atoms with Crippen molar-refractivity contribution in [3.8, 4) is 22.3 Å². The van der Waals surface area contributed by atoms with Crippen molar-refractivity contribution in [2.45, 2.75) is 32.6 Å². The number of aliphatic carboxylic acids is 1. The number of furan rings is 1. The van der Waals surface area contributed by atoms with E-state index in [1.165, 1.54) is 0 Å². The first kappa shape index (κ1) is 28.5. The Bertz CT molecular complexity index is 1430. The van der Waals surface area contributed by atoms with E-state index < -0.39 is 17.9 Å². The Labute approximate surface area is 237 Å². The molecule has 0 radical (unpaired) electrons. The normalized spacial score (nSPS) is 11.8. The average Bonchev–Trinajstić information content (AvgIpc) is 3.40. The third kappa shape index (κ3) is 7.53. The minimum absolute atomic E-state index is 0.283. The topological polar surface area (TPSA) is 88.8 Å². The number of carbonyl (C=O) groups is 2. The summed E-state index contributed by atoms with van der Waals surface area (Å²) < 4.78 is 11.6. The summed E-state index contributed by atoms with van der Waals surface area (Å²) in [6.07, 6.45) is 3.94. The number of thioether (sulfide) groups is 1. The molecule has 1 heterocycles. The number of hydrogen-bond donors (Lipinski definition) is 2. The van der Waals surface area contributed by atoms with E-state index in [9.17, 15) is 14.7 Å². The molecule has 202 valence electrons. The molecule has 39 heavy (non-hydrogen) atoms. The van der Waals surface area contributed by atoms with E-state index in [0.29, 0.717) is 35.1 Å². The maximum Gasteiger partial charge on any atom is 0.326 e. The SMILES string of the molecule is CSCC[C@H](NC(=O)c1ccc(COCc2cc(-c3ccc(Cl)cc3)co2)cc1-c1ccccc1C)C(=O)O. The number of carboxylic acids is 1. The van der Waals surface area contributed by atoms with Gasteiger partial charge in [-0.1, -0.05) is 54.1 Å². The molecule has 8 heteroatoms. The molecule has 2 N–H and O–H groups in total. The van der Waals surface area contributed by atoms with Gasteiger partial charge in [-0.05, 0) is 83.5 Å². The number of halogens is 1. The zero-order chi connectivity index (χ0) is 27.8. The molecule has 0 aliphatic carbocycles. The average molecular weight is 564 g/mol. The van der Waals surface area contributed by atoms with E-state index in [0.717, 1.165) is 33.4 Å². The quantitative estimate of drug-likeness (QED) is 0.189. The van der Waals surface area contributed by atoms with E-state index in [2.05, 4.69) is 5.32 Å². The Balaban J connectivity index is 1.50. The van der Waals surface area contributed by atoms with Gasteiger partial charge in [-0.25, -0.2) is 4.79 Å². The molecule has 1 atom stereocenters. The van der Waals surface area contributed by atoms with Crippen LogP contribution in [0.5, 0.6) is 0 Å². The highest BCUT2D eigenvalue weighted by atomic mass is 35.5. The van der Waals surface area contributed by atoms with Gasteiger partial charge in [0.15, 0.2) is 0 Å². The van der Waals surface area contributed by atoms with E-state index in [1.807, 2.05) is 79.9 Å². The number of ether oxygens (including phenoxy) is 1. The molecule has 1 amide bonds. The van der Waals surface area contributed by atoms with Crippen molar-refractivity contribution in [3.63, 3.8) is 0 Å². The number of benzene rings is 3. The molecular formula is C31H30ClNO5S. The fourth-order valence-corrected chi connectivity index (χ4v) is 4.82. The van der Waals surface area contributed by atoms with Crippen molar-refractivity contribution in [1.29, 1.82) is 0 Å². The van der Waals surface area contributed by atoms with Crippen LogP contribution in [0.3, 0.4) is 0 Å². The van der Waals surface area contributed by atoms with Crippen LogP contribution >= 0.6 is 23.4 Å². The van der Waals surface area contributed by atoms with Crippen molar-refractivity contribution in [3.05, 3.63) is 107 Å². The van der Waals surface area contributed by atoms with Crippen molar-refractivity contribution >= 4 is 35.2 Å². The molecular weight excluding hydrogens is 534 g/mol. The van der Waals surface area contributed by atoms with Gasteiger partial charge in [0.2, 0.25) is 0 Å². The zero-order valence-corrected chi connectivity index (χ0v) is 23.4. The summed E-state index contributed by atoms with van der Waals surface area (Å²) in [5.41, 5.74) is 5.88. The first-order chi connectivity index (χ1) is 18.9. The zero-order valence-electron chi connectivity index (χ0n) is 21.8. The highest BCUT2D eigenvalue weighted by molar-refractivity contribution is 7.98. The molecule has 6 nitrogen and oxygen atoms in total. The van der Waals surface area contributed by atoms with E-state index in [4.69, 9.17) is 20.8 Å². The number of carboxylic acid groups (broad SMARTS) is 1. The summed E-state index contributed by atoms with van der Waals surface area (Å²) in [4.78, 5) is 25.0. The van der Waals surface area contributed by atoms with Gasteiger partial charge in [0, 0.05) is 16.1 Å². The second-order valence-corrected chi connectivity index (χ2v) is 10.6. The van der Waals surface area contributed by atoms with Gasteiger partial charge >= 0.3 is 5.97 Å². The van der Waals surface area contributed by atoms with Crippen LogP contribution in [0.25, 0.3) is 22.3 Å².